The molecule has 1 unspecified atom stereocenters. The van der Waals surface area contributed by atoms with Crippen LogP contribution in [-0.4, -0.2) is 32.4 Å². The van der Waals surface area contributed by atoms with E-state index >= 15 is 0 Å². The first-order valence-electron chi connectivity index (χ1n) is 5.73. The highest BCUT2D eigenvalue weighted by atomic mass is 32.2. The number of aryl methyl sites for hydroxylation is 1. The van der Waals surface area contributed by atoms with Crippen molar-refractivity contribution < 1.29 is 0 Å². The van der Waals surface area contributed by atoms with E-state index in [-0.39, 0.29) is 0 Å². The lowest BCUT2D eigenvalue weighted by molar-refractivity contribution is 0.631. The molecule has 1 aliphatic heterocycles. The van der Waals surface area contributed by atoms with Gasteiger partial charge in [0, 0.05) is 6.54 Å². The summed E-state index contributed by atoms with van der Waals surface area (Å²) in [5, 5.41) is 4.54. The summed E-state index contributed by atoms with van der Waals surface area (Å²) >= 11 is 3.48. The molecule has 0 saturated carbocycles. The van der Waals surface area contributed by atoms with Crippen molar-refractivity contribution in [2.24, 2.45) is 5.92 Å². The van der Waals surface area contributed by atoms with Crippen molar-refractivity contribution in [1.29, 1.82) is 0 Å². The first kappa shape index (κ1) is 11.2. The van der Waals surface area contributed by atoms with E-state index in [2.05, 4.69) is 19.7 Å². The average molecular weight is 266 g/mol. The smallest absolute Gasteiger partial charge is 0.149 e. The Hall–Kier alpha value is -0.880. The van der Waals surface area contributed by atoms with Gasteiger partial charge in [0.25, 0.3) is 0 Å². The van der Waals surface area contributed by atoms with Crippen LogP contribution in [0.5, 0.6) is 0 Å². The Morgan fingerprint density at radius 3 is 3.24 bits per heavy atom. The molecule has 0 spiro atoms. The molecule has 0 radical (unpaired) electrons. The number of thioether (sulfide) groups is 1. The number of fused-ring (bicyclic) bond motifs is 1. The van der Waals surface area contributed by atoms with Gasteiger partial charge in [0.15, 0.2) is 0 Å². The molecule has 3 heterocycles. The maximum Gasteiger partial charge on any atom is 0.149 e. The summed E-state index contributed by atoms with van der Waals surface area (Å²) in [7, 11) is 0. The zero-order valence-electron chi connectivity index (χ0n) is 9.64. The number of aromatic nitrogens is 3. The van der Waals surface area contributed by atoms with Crippen LogP contribution in [0.2, 0.25) is 0 Å². The molecule has 0 amide bonds. The molecule has 4 nitrogen and oxygen atoms in total. The molecule has 1 fully saturated rings. The zero-order chi connectivity index (χ0) is 11.7. The van der Waals surface area contributed by atoms with Gasteiger partial charge in [0.2, 0.25) is 0 Å². The van der Waals surface area contributed by atoms with E-state index in [4.69, 9.17) is 0 Å². The van der Waals surface area contributed by atoms with Gasteiger partial charge in [-0.25, -0.2) is 9.97 Å². The van der Waals surface area contributed by atoms with Crippen molar-refractivity contribution >= 4 is 39.3 Å². The number of anilines is 1. The number of nitrogens with zero attached hydrogens (tertiary/aromatic N) is 3. The minimum absolute atomic E-state index is 0.775. The lowest BCUT2D eigenvalue weighted by atomic mass is 10.1. The lowest BCUT2D eigenvalue weighted by Gasteiger charge is -2.10. The molecule has 0 bridgehead atoms. The van der Waals surface area contributed by atoms with Crippen LogP contribution in [-0.2, 0) is 0 Å². The normalized spacial score (nSPS) is 19.9. The molecule has 1 N–H and O–H groups in total. The monoisotopic (exact) mass is 266 g/mol. The molecule has 0 aromatic carbocycles. The molecule has 1 atom stereocenters. The Bertz CT molecular complexity index is 519. The Kier molecular flexibility index (Phi) is 3.15. The SMILES string of the molecule is Cc1nsc2ncnc(NCC3CCSC3)c12. The summed E-state index contributed by atoms with van der Waals surface area (Å²) in [6.07, 6.45) is 2.93. The van der Waals surface area contributed by atoms with Crippen molar-refractivity contribution in [3.8, 4) is 0 Å². The van der Waals surface area contributed by atoms with Gasteiger partial charge in [-0.1, -0.05) is 0 Å². The molecule has 1 aliphatic rings. The number of hydrogen-bond donors (Lipinski definition) is 1. The van der Waals surface area contributed by atoms with Crippen molar-refractivity contribution in [3.05, 3.63) is 12.0 Å². The summed E-state index contributed by atoms with van der Waals surface area (Å²) in [6.45, 7) is 3.02. The van der Waals surface area contributed by atoms with Gasteiger partial charge in [-0.05, 0) is 42.3 Å². The van der Waals surface area contributed by atoms with Gasteiger partial charge in [0.1, 0.15) is 17.0 Å². The summed E-state index contributed by atoms with van der Waals surface area (Å²) in [5.41, 5.74) is 1.02. The third-order valence-electron chi connectivity index (χ3n) is 3.03. The van der Waals surface area contributed by atoms with Gasteiger partial charge >= 0.3 is 0 Å². The van der Waals surface area contributed by atoms with E-state index in [0.29, 0.717) is 0 Å². The topological polar surface area (TPSA) is 50.7 Å². The quantitative estimate of drug-likeness (QED) is 0.925. The van der Waals surface area contributed by atoms with E-state index in [0.717, 1.165) is 34.2 Å². The number of nitrogens with one attached hydrogen (secondary N) is 1. The molecule has 6 heteroatoms. The summed E-state index contributed by atoms with van der Waals surface area (Å²) in [5.74, 6) is 4.28. The Morgan fingerprint density at radius 1 is 1.47 bits per heavy atom. The van der Waals surface area contributed by atoms with Gasteiger partial charge in [-0.15, -0.1) is 0 Å². The Balaban J connectivity index is 1.81. The predicted octanol–water partition coefficient (Wildman–Crippen LogP) is 2.56. The molecule has 2 aromatic rings. The molecular weight excluding hydrogens is 252 g/mol. The Labute approximate surface area is 108 Å². The first-order chi connectivity index (χ1) is 8.34. The van der Waals surface area contributed by atoms with E-state index in [1.54, 1.807) is 6.33 Å². The van der Waals surface area contributed by atoms with Crippen molar-refractivity contribution in [2.75, 3.05) is 23.4 Å². The summed E-state index contributed by atoms with van der Waals surface area (Å²) in [4.78, 5) is 9.55. The molecule has 0 aliphatic carbocycles. The second-order valence-corrected chi connectivity index (χ2v) is 6.18. The lowest BCUT2D eigenvalue weighted by Crippen LogP contribution is -2.14. The van der Waals surface area contributed by atoms with Gasteiger partial charge in [-0.3, -0.25) is 0 Å². The van der Waals surface area contributed by atoms with Gasteiger partial charge in [-0.2, -0.15) is 16.1 Å². The standard InChI is InChI=1S/C11H14N4S2/c1-7-9-10(12-4-8-2-3-16-5-8)13-6-14-11(9)17-15-7/h6,8H,2-5H2,1H3,(H,12,13,14). The number of hydrogen-bond acceptors (Lipinski definition) is 6. The van der Waals surface area contributed by atoms with Crippen LogP contribution >= 0.6 is 23.3 Å². The minimum atomic E-state index is 0.775. The second kappa shape index (κ2) is 4.78. The fourth-order valence-corrected chi connectivity index (χ4v) is 4.07. The highest BCUT2D eigenvalue weighted by Crippen LogP contribution is 2.27. The van der Waals surface area contributed by atoms with E-state index in [9.17, 15) is 0 Å². The van der Waals surface area contributed by atoms with Crippen LogP contribution in [0.3, 0.4) is 0 Å². The highest BCUT2D eigenvalue weighted by Gasteiger charge is 2.16. The molecule has 3 rings (SSSR count). The fraction of sp³-hybridized carbons (Fsp3) is 0.545. The van der Waals surface area contributed by atoms with Crippen molar-refractivity contribution in [2.45, 2.75) is 13.3 Å². The molecular formula is C11H14N4S2. The zero-order valence-corrected chi connectivity index (χ0v) is 11.3. The van der Waals surface area contributed by atoms with Crippen LogP contribution in [0.1, 0.15) is 12.1 Å². The molecule has 1 saturated heterocycles. The van der Waals surface area contributed by atoms with Crippen molar-refractivity contribution in [1.82, 2.24) is 14.3 Å². The van der Waals surface area contributed by atoms with Crippen LogP contribution in [0.15, 0.2) is 6.33 Å². The molecule has 2 aromatic heterocycles. The maximum absolute atomic E-state index is 4.34. The fourth-order valence-electron chi connectivity index (χ4n) is 2.04. The van der Waals surface area contributed by atoms with Crippen LogP contribution in [0.4, 0.5) is 5.82 Å². The second-order valence-electron chi connectivity index (χ2n) is 4.28. The third kappa shape index (κ3) is 2.24. The van der Waals surface area contributed by atoms with Crippen molar-refractivity contribution in [3.63, 3.8) is 0 Å². The van der Waals surface area contributed by atoms with E-state index < -0.39 is 0 Å². The number of rotatable bonds is 3. The largest absolute Gasteiger partial charge is 0.369 e. The van der Waals surface area contributed by atoms with E-state index in [1.807, 2.05) is 18.7 Å². The summed E-state index contributed by atoms with van der Waals surface area (Å²) in [6, 6.07) is 0. The minimum Gasteiger partial charge on any atom is -0.369 e. The highest BCUT2D eigenvalue weighted by molar-refractivity contribution is 7.99. The molecule has 90 valence electrons. The van der Waals surface area contributed by atoms with Crippen LogP contribution in [0, 0.1) is 12.8 Å². The predicted molar refractivity (Wildman–Crippen MR) is 73.9 cm³/mol. The van der Waals surface area contributed by atoms with Gasteiger partial charge < -0.3 is 5.32 Å². The van der Waals surface area contributed by atoms with E-state index in [1.165, 1.54) is 29.5 Å². The first-order valence-corrected chi connectivity index (χ1v) is 7.66. The van der Waals surface area contributed by atoms with Crippen LogP contribution in [0.25, 0.3) is 10.2 Å². The van der Waals surface area contributed by atoms with Crippen LogP contribution < -0.4 is 5.32 Å². The summed E-state index contributed by atoms with van der Waals surface area (Å²) < 4.78 is 4.33. The maximum atomic E-state index is 4.34. The third-order valence-corrected chi connectivity index (χ3v) is 5.10. The van der Waals surface area contributed by atoms with Gasteiger partial charge in [0.05, 0.1) is 11.1 Å². The molecule has 17 heavy (non-hydrogen) atoms. The Morgan fingerprint density at radius 2 is 2.41 bits per heavy atom. The average Bonchev–Trinajstić information content (AvgIpc) is 2.97.